The zero-order valence-electron chi connectivity index (χ0n) is 19.0. The van der Waals surface area contributed by atoms with E-state index < -0.39 is 0 Å². The molecule has 4 nitrogen and oxygen atoms in total. The molecule has 0 aliphatic carbocycles. The highest BCUT2D eigenvalue weighted by Gasteiger charge is 2.15. The summed E-state index contributed by atoms with van der Waals surface area (Å²) in [6.07, 6.45) is 1.68. The number of nitrogens with one attached hydrogen (secondary N) is 1. The summed E-state index contributed by atoms with van der Waals surface area (Å²) in [4.78, 5) is 18.5. The Hall–Kier alpha value is -4.18. The van der Waals surface area contributed by atoms with Crippen LogP contribution in [0.25, 0.3) is 22.3 Å². The fourth-order valence-corrected chi connectivity index (χ4v) is 4.29. The van der Waals surface area contributed by atoms with Crippen molar-refractivity contribution in [3.8, 4) is 11.4 Å². The van der Waals surface area contributed by atoms with Gasteiger partial charge in [0, 0.05) is 24.3 Å². The molecule has 1 N–H and O–H groups in total. The lowest BCUT2D eigenvalue weighted by atomic mass is 10.1. The first kappa shape index (κ1) is 21.7. The third kappa shape index (κ3) is 4.76. The van der Waals surface area contributed by atoms with Crippen LogP contribution < -0.4 is 10.9 Å². The number of nitrogens with zero attached hydrogens (tertiary/aromatic N) is 2. The Morgan fingerprint density at radius 2 is 1.29 bits per heavy atom. The van der Waals surface area contributed by atoms with Crippen molar-refractivity contribution in [2.45, 2.75) is 19.4 Å². The van der Waals surface area contributed by atoms with Crippen LogP contribution in [-0.2, 0) is 19.4 Å². The first-order chi connectivity index (χ1) is 16.8. The van der Waals surface area contributed by atoms with Crippen molar-refractivity contribution in [3.63, 3.8) is 0 Å². The van der Waals surface area contributed by atoms with E-state index >= 15 is 0 Å². The molecule has 0 radical (unpaired) electrons. The quantitative estimate of drug-likeness (QED) is 0.321. The van der Waals surface area contributed by atoms with E-state index in [1.807, 2.05) is 71.3 Å². The number of anilines is 1. The molecule has 0 aliphatic rings. The molecule has 4 heteroatoms. The van der Waals surface area contributed by atoms with Crippen molar-refractivity contribution in [1.29, 1.82) is 0 Å². The van der Waals surface area contributed by atoms with Gasteiger partial charge in [-0.3, -0.25) is 9.36 Å². The van der Waals surface area contributed by atoms with Crippen LogP contribution in [0.4, 0.5) is 5.69 Å². The fourth-order valence-electron chi connectivity index (χ4n) is 4.29. The van der Waals surface area contributed by atoms with Gasteiger partial charge in [0.2, 0.25) is 0 Å². The highest BCUT2D eigenvalue weighted by atomic mass is 16.1. The van der Waals surface area contributed by atoms with E-state index in [4.69, 9.17) is 4.98 Å². The summed E-state index contributed by atoms with van der Waals surface area (Å²) in [5.74, 6) is 0.697. The van der Waals surface area contributed by atoms with E-state index in [-0.39, 0.29) is 5.56 Å². The van der Waals surface area contributed by atoms with Gasteiger partial charge in [-0.25, -0.2) is 4.98 Å². The number of benzene rings is 4. The van der Waals surface area contributed by atoms with Gasteiger partial charge in [-0.2, -0.15) is 0 Å². The molecule has 0 atom stereocenters. The summed E-state index contributed by atoms with van der Waals surface area (Å²) >= 11 is 0. The Morgan fingerprint density at radius 1 is 0.676 bits per heavy atom. The van der Waals surface area contributed by atoms with Gasteiger partial charge in [-0.05, 0) is 48.2 Å². The zero-order valence-corrected chi connectivity index (χ0v) is 19.0. The third-order valence-electron chi connectivity index (χ3n) is 6.07. The highest BCUT2D eigenvalue weighted by molar-refractivity contribution is 5.82. The normalized spacial score (nSPS) is 10.9. The molecule has 0 amide bonds. The van der Waals surface area contributed by atoms with Crippen molar-refractivity contribution >= 4 is 16.6 Å². The number of fused-ring (bicyclic) bond motifs is 1. The maximum atomic E-state index is 13.6. The smallest absolute Gasteiger partial charge is 0.261 e. The number of hydrogen-bond donors (Lipinski definition) is 1. The van der Waals surface area contributed by atoms with Gasteiger partial charge in [-0.1, -0.05) is 84.9 Å². The Labute approximate surface area is 199 Å². The van der Waals surface area contributed by atoms with Gasteiger partial charge in [0.15, 0.2) is 0 Å². The lowest BCUT2D eigenvalue weighted by molar-refractivity contribution is 0.671. The van der Waals surface area contributed by atoms with Crippen molar-refractivity contribution in [2.24, 2.45) is 0 Å². The van der Waals surface area contributed by atoms with E-state index in [9.17, 15) is 4.79 Å². The SMILES string of the molecule is O=c1c2ccccc2nc(-c2ccccc2NCCc2ccccc2)n1CCc1ccccc1. The standard InChI is InChI=1S/C30H27N3O/c34-30-26-16-8-10-18-28(26)32-29(33(30)22-20-24-13-5-2-6-14-24)25-15-7-9-17-27(25)31-21-19-23-11-3-1-4-12-23/h1-18,31H,19-22H2. The molecule has 0 saturated heterocycles. The van der Waals surface area contributed by atoms with Crippen LogP contribution in [0.3, 0.4) is 0 Å². The number of aryl methyl sites for hydroxylation is 1. The van der Waals surface area contributed by atoms with Crippen LogP contribution in [0.1, 0.15) is 11.1 Å². The molecule has 0 spiro atoms. The fraction of sp³-hybridized carbons (Fsp3) is 0.133. The Kier molecular flexibility index (Phi) is 6.48. The Morgan fingerprint density at radius 3 is 2.06 bits per heavy atom. The van der Waals surface area contributed by atoms with Gasteiger partial charge >= 0.3 is 0 Å². The van der Waals surface area contributed by atoms with Gasteiger partial charge < -0.3 is 5.32 Å². The first-order valence-corrected chi connectivity index (χ1v) is 11.7. The van der Waals surface area contributed by atoms with Gasteiger partial charge in [-0.15, -0.1) is 0 Å². The van der Waals surface area contributed by atoms with Crippen molar-refractivity contribution in [3.05, 3.63) is 131 Å². The van der Waals surface area contributed by atoms with Crippen molar-refractivity contribution in [2.75, 3.05) is 11.9 Å². The molecule has 5 aromatic rings. The summed E-state index contributed by atoms with van der Waals surface area (Å²) in [7, 11) is 0. The molecule has 1 heterocycles. The van der Waals surface area contributed by atoms with Crippen LogP contribution >= 0.6 is 0 Å². The monoisotopic (exact) mass is 445 g/mol. The average molecular weight is 446 g/mol. The first-order valence-electron chi connectivity index (χ1n) is 11.7. The predicted octanol–water partition coefficient (Wildman–Crippen LogP) is 5.96. The summed E-state index contributed by atoms with van der Waals surface area (Å²) in [5.41, 5.74) is 5.12. The largest absolute Gasteiger partial charge is 0.384 e. The predicted molar refractivity (Wildman–Crippen MR) is 140 cm³/mol. The minimum absolute atomic E-state index is 0.00406. The molecule has 168 valence electrons. The minimum atomic E-state index is -0.00406. The van der Waals surface area contributed by atoms with E-state index in [1.165, 1.54) is 11.1 Å². The van der Waals surface area contributed by atoms with Crippen molar-refractivity contribution < 1.29 is 0 Å². The highest BCUT2D eigenvalue weighted by Crippen LogP contribution is 2.27. The van der Waals surface area contributed by atoms with Gasteiger partial charge in [0.25, 0.3) is 5.56 Å². The second-order valence-corrected chi connectivity index (χ2v) is 8.35. The summed E-state index contributed by atoms with van der Waals surface area (Å²) in [6, 6.07) is 36.4. The molecular formula is C30H27N3O. The van der Waals surface area contributed by atoms with Crippen molar-refractivity contribution in [1.82, 2.24) is 9.55 Å². The van der Waals surface area contributed by atoms with Crippen LogP contribution in [0.5, 0.6) is 0 Å². The summed E-state index contributed by atoms with van der Waals surface area (Å²) in [5, 5.41) is 4.22. The van der Waals surface area contributed by atoms with Crippen LogP contribution in [0, 0.1) is 0 Å². The van der Waals surface area contributed by atoms with E-state index in [1.54, 1.807) is 0 Å². The molecule has 5 rings (SSSR count). The summed E-state index contributed by atoms with van der Waals surface area (Å²) in [6.45, 7) is 1.36. The van der Waals surface area contributed by atoms with Gasteiger partial charge in [0.1, 0.15) is 5.82 Å². The molecule has 34 heavy (non-hydrogen) atoms. The van der Waals surface area contributed by atoms with Gasteiger partial charge in [0.05, 0.1) is 10.9 Å². The maximum absolute atomic E-state index is 13.6. The molecular weight excluding hydrogens is 418 g/mol. The van der Waals surface area contributed by atoms with E-state index in [2.05, 4.69) is 47.8 Å². The molecule has 0 aliphatic heterocycles. The second-order valence-electron chi connectivity index (χ2n) is 8.35. The minimum Gasteiger partial charge on any atom is -0.384 e. The molecule has 0 fully saturated rings. The number of para-hydroxylation sites is 2. The molecule has 4 aromatic carbocycles. The van der Waals surface area contributed by atoms with Crippen LogP contribution in [-0.4, -0.2) is 16.1 Å². The van der Waals surface area contributed by atoms with E-state index in [0.717, 1.165) is 36.2 Å². The third-order valence-corrected chi connectivity index (χ3v) is 6.07. The maximum Gasteiger partial charge on any atom is 0.261 e. The molecule has 0 saturated carbocycles. The molecule has 0 bridgehead atoms. The topological polar surface area (TPSA) is 46.9 Å². The molecule has 1 aromatic heterocycles. The van der Waals surface area contributed by atoms with Crippen LogP contribution in [0.15, 0.2) is 114 Å². The van der Waals surface area contributed by atoms with E-state index in [0.29, 0.717) is 17.8 Å². The molecule has 0 unspecified atom stereocenters. The number of hydrogen-bond acceptors (Lipinski definition) is 3. The Bertz CT molecular complexity index is 1440. The second kappa shape index (κ2) is 10.2. The van der Waals surface area contributed by atoms with Crippen LogP contribution in [0.2, 0.25) is 0 Å². The number of aromatic nitrogens is 2. The average Bonchev–Trinajstić information content (AvgIpc) is 2.90. The lowest BCUT2D eigenvalue weighted by Gasteiger charge is -2.17. The lowest BCUT2D eigenvalue weighted by Crippen LogP contribution is -2.25. The summed E-state index contributed by atoms with van der Waals surface area (Å²) < 4.78 is 1.83. The zero-order chi connectivity index (χ0) is 23.2. The number of rotatable bonds is 8. The Balaban J connectivity index is 1.51.